The monoisotopic (exact) mass is 358 g/mol. The molecule has 0 unspecified atom stereocenters. The van der Waals surface area contributed by atoms with E-state index in [-0.39, 0.29) is 11.6 Å². The number of benzene rings is 2. The molecule has 4 rings (SSSR count). The fourth-order valence-electron chi connectivity index (χ4n) is 2.67. The zero-order valence-corrected chi connectivity index (χ0v) is 15.0. The number of rotatable bonds is 2. The number of aromatic nitrogens is 2. The fourth-order valence-corrected chi connectivity index (χ4v) is 2.67. The highest BCUT2D eigenvalue weighted by atomic mass is 16.5. The van der Waals surface area contributed by atoms with E-state index in [4.69, 9.17) is 0 Å². The van der Waals surface area contributed by atoms with Crippen LogP contribution in [0.3, 0.4) is 0 Å². The molecule has 0 saturated carbocycles. The molecule has 0 aliphatic heterocycles. The van der Waals surface area contributed by atoms with Crippen molar-refractivity contribution in [2.24, 2.45) is 0 Å². The summed E-state index contributed by atoms with van der Waals surface area (Å²) in [5.41, 5.74) is 2.61. The van der Waals surface area contributed by atoms with Crippen LogP contribution in [-0.4, -0.2) is 16.6 Å². The molecule has 0 atom stereocenters. The Kier molecular flexibility index (Phi) is 5.22. The van der Waals surface area contributed by atoms with Gasteiger partial charge in [-0.25, -0.2) is 0 Å². The number of fused-ring (bicyclic) bond motifs is 2. The first-order valence-electron chi connectivity index (χ1n) is 8.44. The van der Waals surface area contributed by atoms with Gasteiger partial charge < -0.3 is 5.21 Å². The van der Waals surface area contributed by atoms with Crippen molar-refractivity contribution < 1.29 is 14.3 Å². The molecule has 0 radical (unpaired) electrons. The van der Waals surface area contributed by atoms with Crippen molar-refractivity contribution in [2.45, 2.75) is 13.8 Å². The molecule has 0 spiro atoms. The highest BCUT2D eigenvalue weighted by Crippen LogP contribution is 2.13. The van der Waals surface area contributed by atoms with Gasteiger partial charge in [0.05, 0.1) is 11.1 Å². The number of carbonyl (C=O) groups excluding carboxylic acids is 2. The van der Waals surface area contributed by atoms with Crippen molar-refractivity contribution >= 4 is 33.4 Å². The Morgan fingerprint density at radius 1 is 0.852 bits per heavy atom. The molecule has 0 aliphatic carbocycles. The van der Waals surface area contributed by atoms with E-state index < -0.39 is 0 Å². The Morgan fingerprint density at radius 2 is 1.44 bits per heavy atom. The summed E-state index contributed by atoms with van der Waals surface area (Å²) in [4.78, 5) is 26.3. The number of pyridine rings is 2. The molecule has 27 heavy (non-hydrogen) atoms. The van der Waals surface area contributed by atoms with Crippen molar-refractivity contribution in [3.8, 4) is 0 Å². The first-order valence-corrected chi connectivity index (χ1v) is 8.44. The SMILES string of the molecule is CC(=O)c1cc2ccccc2[n+]([O-])c1.CC(=O)c1cnc2ccccc2c1. The van der Waals surface area contributed by atoms with E-state index in [2.05, 4.69) is 4.98 Å². The normalized spacial score (nSPS) is 10.3. The molecule has 2 aromatic carbocycles. The third-order valence-corrected chi connectivity index (χ3v) is 4.15. The molecule has 134 valence electrons. The molecule has 5 heteroatoms. The number of Topliss-reactive ketones (excluding diaryl/α,β-unsaturated/α-hetero) is 2. The molecule has 4 aromatic rings. The Balaban J connectivity index is 0.000000156. The first kappa shape index (κ1) is 18.2. The van der Waals surface area contributed by atoms with Crippen molar-refractivity contribution in [1.82, 2.24) is 4.98 Å². The standard InChI is InChI=1S/C11H9NO2.C11H9NO/c1-8(13)10-6-9-4-2-3-5-11(9)12(14)7-10;1-8(13)10-6-9-4-2-3-5-11(9)12-7-10/h2-7H,1H3;2-7H,1H3. The van der Waals surface area contributed by atoms with Gasteiger partial charge in [0.25, 0.3) is 0 Å². The van der Waals surface area contributed by atoms with Crippen LogP contribution in [-0.2, 0) is 0 Å². The van der Waals surface area contributed by atoms with Crippen LogP contribution in [0.4, 0.5) is 0 Å². The number of hydrogen-bond donors (Lipinski definition) is 0. The maximum Gasteiger partial charge on any atom is 0.223 e. The first-order chi connectivity index (χ1) is 13.0. The Hall–Kier alpha value is -3.60. The van der Waals surface area contributed by atoms with E-state index in [9.17, 15) is 14.8 Å². The lowest BCUT2D eigenvalue weighted by molar-refractivity contribution is -0.577. The molecule has 0 saturated heterocycles. The minimum Gasteiger partial charge on any atom is -0.618 e. The highest BCUT2D eigenvalue weighted by molar-refractivity contribution is 5.97. The van der Waals surface area contributed by atoms with Gasteiger partial charge in [0, 0.05) is 28.6 Å². The van der Waals surface area contributed by atoms with E-state index in [0.717, 1.165) is 21.0 Å². The molecule has 0 bridgehead atoms. The van der Waals surface area contributed by atoms with Gasteiger partial charge in [-0.3, -0.25) is 14.6 Å². The van der Waals surface area contributed by atoms with Crippen LogP contribution >= 0.6 is 0 Å². The van der Waals surface area contributed by atoms with Gasteiger partial charge in [-0.1, -0.05) is 30.3 Å². The van der Waals surface area contributed by atoms with Gasteiger partial charge >= 0.3 is 0 Å². The largest absolute Gasteiger partial charge is 0.618 e. The summed E-state index contributed by atoms with van der Waals surface area (Å²) < 4.78 is 0.728. The average molecular weight is 358 g/mol. The summed E-state index contributed by atoms with van der Waals surface area (Å²) in [5.74, 6) is -0.0430. The number of hydrogen-bond acceptors (Lipinski definition) is 4. The quantitative estimate of drug-likeness (QED) is 0.307. The van der Waals surface area contributed by atoms with Crippen molar-refractivity contribution in [3.05, 3.63) is 89.4 Å². The lowest BCUT2D eigenvalue weighted by atomic mass is 10.1. The van der Waals surface area contributed by atoms with Gasteiger partial charge in [0.1, 0.15) is 0 Å². The van der Waals surface area contributed by atoms with Crippen LogP contribution < -0.4 is 4.73 Å². The summed E-state index contributed by atoms with van der Waals surface area (Å²) in [6, 6.07) is 18.5. The molecule has 0 amide bonds. The molecular weight excluding hydrogens is 340 g/mol. The minimum absolute atomic E-state index is 0.0539. The second kappa shape index (κ2) is 7.74. The molecular formula is C22H18N2O3. The summed E-state index contributed by atoms with van der Waals surface area (Å²) >= 11 is 0. The third kappa shape index (κ3) is 4.15. The van der Waals surface area contributed by atoms with Crippen LogP contribution in [0, 0.1) is 5.21 Å². The van der Waals surface area contributed by atoms with Crippen molar-refractivity contribution in [3.63, 3.8) is 0 Å². The molecule has 0 aliphatic rings. The molecule has 0 N–H and O–H groups in total. The summed E-state index contributed by atoms with van der Waals surface area (Å²) in [7, 11) is 0. The zero-order chi connectivity index (χ0) is 19.4. The minimum atomic E-state index is -0.0969. The Labute approximate surface area is 156 Å². The summed E-state index contributed by atoms with van der Waals surface area (Å²) in [5, 5.41) is 13.3. The van der Waals surface area contributed by atoms with Gasteiger partial charge in [0.15, 0.2) is 17.8 Å². The molecule has 2 heterocycles. The number of para-hydroxylation sites is 2. The molecule has 2 aromatic heterocycles. The van der Waals surface area contributed by atoms with E-state index in [1.54, 1.807) is 31.3 Å². The number of ketones is 2. The van der Waals surface area contributed by atoms with Crippen molar-refractivity contribution in [1.29, 1.82) is 0 Å². The van der Waals surface area contributed by atoms with E-state index in [1.165, 1.54) is 13.1 Å². The predicted molar refractivity (Wildman–Crippen MR) is 105 cm³/mol. The maximum absolute atomic E-state index is 11.5. The van der Waals surface area contributed by atoms with Crippen LogP contribution in [0.5, 0.6) is 0 Å². The topological polar surface area (TPSA) is 74.0 Å². The van der Waals surface area contributed by atoms with Gasteiger partial charge in [0.2, 0.25) is 5.52 Å². The van der Waals surface area contributed by atoms with Crippen LogP contribution in [0.2, 0.25) is 0 Å². The van der Waals surface area contributed by atoms with E-state index in [0.29, 0.717) is 16.6 Å². The second-order valence-corrected chi connectivity index (χ2v) is 6.14. The van der Waals surface area contributed by atoms with Gasteiger partial charge in [-0.05, 0) is 38.1 Å². The van der Waals surface area contributed by atoms with Crippen LogP contribution in [0.15, 0.2) is 73.1 Å². The van der Waals surface area contributed by atoms with Gasteiger partial charge in [-0.2, -0.15) is 4.73 Å². The average Bonchev–Trinajstić information content (AvgIpc) is 2.68. The smallest absolute Gasteiger partial charge is 0.223 e. The zero-order valence-electron chi connectivity index (χ0n) is 15.0. The lowest BCUT2D eigenvalue weighted by Crippen LogP contribution is -2.27. The fraction of sp³-hybridized carbons (Fsp3) is 0.0909. The maximum atomic E-state index is 11.5. The Bertz CT molecular complexity index is 1150. The second-order valence-electron chi connectivity index (χ2n) is 6.14. The van der Waals surface area contributed by atoms with E-state index >= 15 is 0 Å². The summed E-state index contributed by atoms with van der Waals surface area (Å²) in [6.45, 7) is 3.00. The van der Waals surface area contributed by atoms with E-state index in [1.807, 2.05) is 42.5 Å². The Morgan fingerprint density at radius 3 is 2.15 bits per heavy atom. The van der Waals surface area contributed by atoms with Gasteiger partial charge in [-0.15, -0.1) is 0 Å². The summed E-state index contributed by atoms with van der Waals surface area (Å²) in [6.07, 6.45) is 2.93. The molecule has 5 nitrogen and oxygen atoms in total. The number of carbonyl (C=O) groups is 2. The third-order valence-electron chi connectivity index (χ3n) is 4.15. The highest BCUT2D eigenvalue weighted by Gasteiger charge is 2.08. The van der Waals surface area contributed by atoms with Crippen molar-refractivity contribution in [2.75, 3.05) is 0 Å². The number of nitrogens with zero attached hydrogens (tertiary/aromatic N) is 2. The lowest BCUT2D eigenvalue weighted by Gasteiger charge is -2.02. The van der Waals surface area contributed by atoms with Crippen LogP contribution in [0.25, 0.3) is 21.8 Å². The van der Waals surface area contributed by atoms with Crippen LogP contribution in [0.1, 0.15) is 34.6 Å². The molecule has 0 fully saturated rings. The predicted octanol–water partition coefficient (Wildman–Crippen LogP) is 4.11.